The van der Waals surface area contributed by atoms with Crippen LogP contribution >= 0.6 is 0 Å². The highest BCUT2D eigenvalue weighted by Gasteiger charge is 2.23. The lowest BCUT2D eigenvalue weighted by atomic mass is 10.1. The number of aryl methyl sites for hydroxylation is 2. The van der Waals surface area contributed by atoms with E-state index in [2.05, 4.69) is 10.6 Å². The summed E-state index contributed by atoms with van der Waals surface area (Å²) in [4.78, 5) is 23.6. The number of carbonyl (C=O) groups is 2. The molecule has 0 unspecified atom stereocenters. The Bertz CT molecular complexity index is 488. The Morgan fingerprint density at radius 2 is 2.00 bits per heavy atom. The Hall–Kier alpha value is -1.88. The fourth-order valence-corrected chi connectivity index (χ4v) is 2.26. The van der Waals surface area contributed by atoms with E-state index >= 15 is 0 Å². The Morgan fingerprint density at radius 1 is 1.30 bits per heavy atom. The molecule has 2 amide bonds. The second-order valence-corrected chi connectivity index (χ2v) is 5.03. The SMILES string of the molecule is Cc1cccc(C)c1NC(=O)CNC(=O)[C@@H]1CCCO1. The Balaban J connectivity index is 1.85. The molecule has 108 valence electrons. The Kier molecular flexibility index (Phi) is 4.74. The lowest BCUT2D eigenvalue weighted by Crippen LogP contribution is -2.39. The first-order valence-electron chi connectivity index (χ1n) is 6.83. The molecule has 1 saturated heterocycles. The van der Waals surface area contributed by atoms with Crippen LogP contribution in [0.5, 0.6) is 0 Å². The van der Waals surface area contributed by atoms with Gasteiger partial charge in [0.25, 0.3) is 0 Å². The standard InChI is InChI=1S/C15H20N2O3/c1-10-5-3-6-11(2)14(10)17-13(18)9-16-15(19)12-7-4-8-20-12/h3,5-6,12H,4,7-9H2,1-2H3,(H,16,19)(H,17,18)/t12-/m0/s1. The van der Waals surface area contributed by atoms with Gasteiger partial charge in [-0.25, -0.2) is 0 Å². The maximum absolute atomic E-state index is 11.9. The summed E-state index contributed by atoms with van der Waals surface area (Å²) in [7, 11) is 0. The molecule has 0 saturated carbocycles. The predicted octanol–water partition coefficient (Wildman–Crippen LogP) is 1.54. The summed E-state index contributed by atoms with van der Waals surface area (Å²) in [6.07, 6.45) is 1.22. The number of rotatable bonds is 4. The molecule has 1 fully saturated rings. The fraction of sp³-hybridized carbons (Fsp3) is 0.467. The van der Waals surface area contributed by atoms with Gasteiger partial charge in [0.05, 0.1) is 6.54 Å². The van der Waals surface area contributed by atoms with Gasteiger partial charge < -0.3 is 15.4 Å². The predicted molar refractivity (Wildman–Crippen MR) is 76.5 cm³/mol. The topological polar surface area (TPSA) is 67.4 Å². The maximum Gasteiger partial charge on any atom is 0.249 e. The van der Waals surface area contributed by atoms with Gasteiger partial charge in [-0.1, -0.05) is 18.2 Å². The number of ether oxygens (including phenoxy) is 1. The second kappa shape index (κ2) is 6.52. The second-order valence-electron chi connectivity index (χ2n) is 5.03. The van der Waals surface area contributed by atoms with Crippen LogP contribution in [0.25, 0.3) is 0 Å². The van der Waals surface area contributed by atoms with E-state index in [0.29, 0.717) is 6.61 Å². The number of para-hydroxylation sites is 1. The lowest BCUT2D eigenvalue weighted by molar-refractivity contribution is -0.131. The van der Waals surface area contributed by atoms with Crippen molar-refractivity contribution in [1.29, 1.82) is 0 Å². The molecule has 1 atom stereocenters. The van der Waals surface area contributed by atoms with Crippen LogP contribution in [-0.2, 0) is 14.3 Å². The van der Waals surface area contributed by atoms with Crippen LogP contribution in [-0.4, -0.2) is 31.1 Å². The van der Waals surface area contributed by atoms with Crippen LogP contribution in [0.15, 0.2) is 18.2 Å². The van der Waals surface area contributed by atoms with Crippen molar-refractivity contribution in [3.05, 3.63) is 29.3 Å². The minimum Gasteiger partial charge on any atom is -0.368 e. The summed E-state index contributed by atoms with van der Waals surface area (Å²) in [5.74, 6) is -0.437. The molecule has 20 heavy (non-hydrogen) atoms. The molecule has 0 aliphatic carbocycles. The van der Waals surface area contributed by atoms with Gasteiger partial charge in [-0.15, -0.1) is 0 Å². The van der Waals surface area contributed by atoms with Crippen molar-refractivity contribution in [2.75, 3.05) is 18.5 Å². The zero-order valence-electron chi connectivity index (χ0n) is 11.9. The van der Waals surface area contributed by atoms with Gasteiger partial charge in [0.1, 0.15) is 6.10 Å². The zero-order valence-corrected chi connectivity index (χ0v) is 11.9. The molecular formula is C15H20N2O3. The zero-order chi connectivity index (χ0) is 14.5. The molecular weight excluding hydrogens is 256 g/mol. The number of anilines is 1. The summed E-state index contributed by atoms with van der Waals surface area (Å²) < 4.78 is 5.26. The van der Waals surface area contributed by atoms with E-state index in [1.54, 1.807) is 0 Å². The summed E-state index contributed by atoms with van der Waals surface area (Å²) in [6, 6.07) is 5.82. The quantitative estimate of drug-likeness (QED) is 0.876. The summed E-state index contributed by atoms with van der Waals surface area (Å²) in [5, 5.41) is 5.44. The molecule has 0 aromatic heterocycles. The highest BCUT2D eigenvalue weighted by Crippen LogP contribution is 2.19. The monoisotopic (exact) mass is 276 g/mol. The summed E-state index contributed by atoms with van der Waals surface area (Å²) in [6.45, 7) is 4.46. The first-order valence-corrected chi connectivity index (χ1v) is 6.83. The molecule has 1 aliphatic rings. The minimum atomic E-state index is -0.400. The first kappa shape index (κ1) is 14.5. The van der Waals surface area contributed by atoms with Gasteiger partial charge in [-0.2, -0.15) is 0 Å². The molecule has 5 nitrogen and oxygen atoms in total. The molecule has 5 heteroatoms. The average Bonchev–Trinajstić information content (AvgIpc) is 2.94. The first-order chi connectivity index (χ1) is 9.58. The highest BCUT2D eigenvalue weighted by molar-refractivity contribution is 5.96. The molecule has 2 N–H and O–H groups in total. The normalized spacial score (nSPS) is 17.8. The number of amides is 2. The van der Waals surface area contributed by atoms with Crippen molar-refractivity contribution >= 4 is 17.5 Å². The van der Waals surface area contributed by atoms with Crippen LogP contribution in [0, 0.1) is 13.8 Å². The molecule has 0 spiro atoms. The van der Waals surface area contributed by atoms with Gasteiger partial charge in [-0.05, 0) is 37.8 Å². The number of carbonyl (C=O) groups excluding carboxylic acids is 2. The van der Waals surface area contributed by atoms with Crippen molar-refractivity contribution < 1.29 is 14.3 Å². The van der Waals surface area contributed by atoms with Crippen molar-refractivity contribution in [1.82, 2.24) is 5.32 Å². The summed E-state index contributed by atoms with van der Waals surface area (Å²) in [5.41, 5.74) is 2.82. The molecule has 0 bridgehead atoms. The number of hydrogen-bond acceptors (Lipinski definition) is 3. The third-order valence-electron chi connectivity index (χ3n) is 3.39. The van der Waals surface area contributed by atoms with E-state index in [4.69, 9.17) is 4.74 Å². The third kappa shape index (κ3) is 3.57. The molecule has 1 aromatic carbocycles. The van der Waals surface area contributed by atoms with Crippen LogP contribution in [0.2, 0.25) is 0 Å². The van der Waals surface area contributed by atoms with Gasteiger partial charge in [0.15, 0.2) is 0 Å². The smallest absolute Gasteiger partial charge is 0.249 e. The van der Waals surface area contributed by atoms with Crippen LogP contribution in [0.4, 0.5) is 5.69 Å². The van der Waals surface area contributed by atoms with Crippen molar-refractivity contribution in [3.63, 3.8) is 0 Å². The lowest BCUT2D eigenvalue weighted by Gasteiger charge is -2.13. The van der Waals surface area contributed by atoms with E-state index < -0.39 is 6.10 Å². The van der Waals surface area contributed by atoms with E-state index in [1.165, 1.54) is 0 Å². The molecule has 1 heterocycles. The van der Waals surface area contributed by atoms with Gasteiger partial charge in [-0.3, -0.25) is 9.59 Å². The highest BCUT2D eigenvalue weighted by atomic mass is 16.5. The van der Waals surface area contributed by atoms with Crippen LogP contribution < -0.4 is 10.6 Å². The van der Waals surface area contributed by atoms with Crippen LogP contribution in [0.1, 0.15) is 24.0 Å². The fourth-order valence-electron chi connectivity index (χ4n) is 2.26. The van der Waals surface area contributed by atoms with E-state index in [1.807, 2.05) is 32.0 Å². The maximum atomic E-state index is 11.9. The van der Waals surface area contributed by atoms with Crippen molar-refractivity contribution in [2.45, 2.75) is 32.8 Å². The number of nitrogens with one attached hydrogen (secondary N) is 2. The van der Waals surface area contributed by atoms with E-state index in [9.17, 15) is 9.59 Å². The number of hydrogen-bond donors (Lipinski definition) is 2. The molecule has 1 aliphatic heterocycles. The summed E-state index contributed by atoms with van der Waals surface area (Å²) >= 11 is 0. The van der Waals surface area contributed by atoms with Crippen molar-refractivity contribution in [2.24, 2.45) is 0 Å². The molecule has 1 aromatic rings. The van der Waals surface area contributed by atoms with Crippen LogP contribution in [0.3, 0.4) is 0 Å². The Labute approximate surface area is 118 Å². The van der Waals surface area contributed by atoms with E-state index in [0.717, 1.165) is 29.7 Å². The third-order valence-corrected chi connectivity index (χ3v) is 3.39. The van der Waals surface area contributed by atoms with Crippen molar-refractivity contribution in [3.8, 4) is 0 Å². The largest absolute Gasteiger partial charge is 0.368 e. The van der Waals surface area contributed by atoms with Gasteiger partial charge >= 0.3 is 0 Å². The minimum absolute atomic E-state index is 0.0353. The Morgan fingerprint density at radius 3 is 2.60 bits per heavy atom. The van der Waals surface area contributed by atoms with E-state index in [-0.39, 0.29) is 18.4 Å². The molecule has 0 radical (unpaired) electrons. The molecule has 2 rings (SSSR count). The number of benzene rings is 1. The van der Waals surface area contributed by atoms with Gasteiger partial charge in [0, 0.05) is 12.3 Å². The van der Waals surface area contributed by atoms with Gasteiger partial charge in [0.2, 0.25) is 11.8 Å². The average molecular weight is 276 g/mol.